The predicted molar refractivity (Wildman–Crippen MR) is 66.0 cm³/mol. The lowest BCUT2D eigenvalue weighted by Crippen LogP contribution is -2.52. The largest absolute Gasteiger partial charge is 0.332 e. The number of nitrogens with zero attached hydrogens (tertiary/aromatic N) is 3. The molecule has 5 nitrogen and oxygen atoms in total. The van der Waals surface area contributed by atoms with Crippen molar-refractivity contribution >= 4 is 5.91 Å². The average molecular weight is 236 g/mol. The molecule has 0 saturated carbocycles. The van der Waals surface area contributed by atoms with Gasteiger partial charge in [-0.1, -0.05) is 0 Å². The fourth-order valence-corrected chi connectivity index (χ4v) is 2.03. The molecule has 0 bridgehead atoms. The van der Waals surface area contributed by atoms with Crippen molar-refractivity contribution in [2.45, 2.75) is 32.9 Å². The second kappa shape index (κ2) is 4.87. The number of nitrogens with one attached hydrogen (secondary N) is 1. The van der Waals surface area contributed by atoms with E-state index in [2.05, 4.69) is 31.2 Å². The van der Waals surface area contributed by atoms with E-state index < -0.39 is 0 Å². The molecule has 1 fully saturated rings. The van der Waals surface area contributed by atoms with Gasteiger partial charge < -0.3 is 10.2 Å². The number of hydrogen-bond acceptors (Lipinski definition) is 3. The molecule has 5 heteroatoms. The second-order valence-corrected chi connectivity index (χ2v) is 4.83. The molecule has 1 saturated heterocycles. The summed E-state index contributed by atoms with van der Waals surface area (Å²) in [5.74, 6) is 0.0402. The number of rotatable bonds is 2. The van der Waals surface area contributed by atoms with Crippen LogP contribution in [-0.2, 0) is 0 Å². The standard InChI is InChI=1S/C12H20N4O/c1-9(2)16-6-4-11(14-16)12(17)15-7-5-13-8-10(15)3/h4,6,9-10,13H,5,7-8H2,1-3H3/t10-/m1/s1. The Hall–Kier alpha value is -1.36. The van der Waals surface area contributed by atoms with Crippen LogP contribution in [0.2, 0.25) is 0 Å². The van der Waals surface area contributed by atoms with Gasteiger partial charge in [-0.25, -0.2) is 0 Å². The number of aromatic nitrogens is 2. The van der Waals surface area contributed by atoms with Gasteiger partial charge in [0.15, 0.2) is 0 Å². The van der Waals surface area contributed by atoms with Gasteiger partial charge in [0, 0.05) is 37.9 Å². The van der Waals surface area contributed by atoms with Gasteiger partial charge in [-0.2, -0.15) is 5.10 Å². The Morgan fingerprint density at radius 3 is 2.94 bits per heavy atom. The zero-order valence-electron chi connectivity index (χ0n) is 10.7. The highest BCUT2D eigenvalue weighted by Crippen LogP contribution is 2.10. The van der Waals surface area contributed by atoms with Crippen LogP contribution in [-0.4, -0.2) is 46.3 Å². The molecular weight excluding hydrogens is 216 g/mol. The van der Waals surface area contributed by atoms with Gasteiger partial charge in [-0.05, 0) is 26.8 Å². The topological polar surface area (TPSA) is 50.2 Å². The third kappa shape index (κ3) is 2.49. The summed E-state index contributed by atoms with van der Waals surface area (Å²) in [6, 6.07) is 2.33. The zero-order valence-corrected chi connectivity index (χ0v) is 10.7. The van der Waals surface area contributed by atoms with E-state index >= 15 is 0 Å². The third-order valence-electron chi connectivity index (χ3n) is 3.12. The van der Waals surface area contributed by atoms with Gasteiger partial charge in [0.1, 0.15) is 5.69 Å². The Balaban J connectivity index is 2.12. The van der Waals surface area contributed by atoms with Crippen molar-refractivity contribution in [3.05, 3.63) is 18.0 Å². The number of carbonyl (C=O) groups is 1. The molecule has 1 N–H and O–H groups in total. The van der Waals surface area contributed by atoms with Crippen LogP contribution in [0.15, 0.2) is 12.3 Å². The summed E-state index contributed by atoms with van der Waals surface area (Å²) < 4.78 is 1.82. The minimum Gasteiger partial charge on any atom is -0.332 e. The lowest BCUT2D eigenvalue weighted by atomic mass is 10.2. The Morgan fingerprint density at radius 2 is 2.35 bits per heavy atom. The molecule has 0 unspecified atom stereocenters. The first kappa shape index (κ1) is 12.1. The molecule has 1 aliphatic rings. The smallest absolute Gasteiger partial charge is 0.274 e. The third-order valence-corrected chi connectivity index (χ3v) is 3.12. The van der Waals surface area contributed by atoms with E-state index in [0.717, 1.165) is 19.6 Å². The van der Waals surface area contributed by atoms with Crippen LogP contribution >= 0.6 is 0 Å². The van der Waals surface area contributed by atoms with Crippen LogP contribution in [0, 0.1) is 0 Å². The van der Waals surface area contributed by atoms with E-state index in [4.69, 9.17) is 0 Å². The molecule has 1 aromatic rings. The van der Waals surface area contributed by atoms with Crippen molar-refractivity contribution in [3.63, 3.8) is 0 Å². The number of piperazine rings is 1. The lowest BCUT2D eigenvalue weighted by Gasteiger charge is -2.33. The van der Waals surface area contributed by atoms with E-state index in [-0.39, 0.29) is 18.0 Å². The maximum absolute atomic E-state index is 12.3. The second-order valence-electron chi connectivity index (χ2n) is 4.83. The molecule has 1 aromatic heterocycles. The highest BCUT2D eigenvalue weighted by molar-refractivity contribution is 5.92. The molecule has 94 valence electrons. The van der Waals surface area contributed by atoms with Crippen LogP contribution in [0.25, 0.3) is 0 Å². The van der Waals surface area contributed by atoms with Crippen LogP contribution in [0.1, 0.15) is 37.3 Å². The quantitative estimate of drug-likeness (QED) is 0.830. The van der Waals surface area contributed by atoms with Crippen molar-refractivity contribution < 1.29 is 4.79 Å². The Bertz CT molecular complexity index is 399. The van der Waals surface area contributed by atoms with E-state index in [9.17, 15) is 4.79 Å². The van der Waals surface area contributed by atoms with Crippen LogP contribution in [0.4, 0.5) is 0 Å². The van der Waals surface area contributed by atoms with Crippen molar-refractivity contribution in [3.8, 4) is 0 Å². The predicted octanol–water partition coefficient (Wildman–Crippen LogP) is 0.898. The van der Waals surface area contributed by atoms with Gasteiger partial charge >= 0.3 is 0 Å². The van der Waals surface area contributed by atoms with Crippen LogP contribution < -0.4 is 5.32 Å². The van der Waals surface area contributed by atoms with Crippen molar-refractivity contribution in [1.82, 2.24) is 20.0 Å². The molecule has 1 atom stereocenters. The van der Waals surface area contributed by atoms with E-state index in [1.54, 1.807) is 6.07 Å². The highest BCUT2D eigenvalue weighted by atomic mass is 16.2. The molecule has 0 aromatic carbocycles. The lowest BCUT2D eigenvalue weighted by molar-refractivity contribution is 0.0648. The minimum atomic E-state index is 0.0402. The summed E-state index contributed by atoms with van der Waals surface area (Å²) in [6.07, 6.45) is 1.87. The Labute approximate surface area is 102 Å². The number of carbonyl (C=O) groups excluding carboxylic acids is 1. The van der Waals surface area contributed by atoms with Crippen molar-refractivity contribution in [2.24, 2.45) is 0 Å². The fourth-order valence-electron chi connectivity index (χ4n) is 2.03. The molecule has 0 radical (unpaired) electrons. The summed E-state index contributed by atoms with van der Waals surface area (Å²) in [6.45, 7) is 8.64. The molecule has 0 spiro atoms. The summed E-state index contributed by atoms with van der Waals surface area (Å²) in [7, 11) is 0. The first-order valence-electron chi connectivity index (χ1n) is 6.16. The zero-order chi connectivity index (χ0) is 12.4. The minimum absolute atomic E-state index is 0.0402. The molecule has 2 heterocycles. The Kier molecular flexibility index (Phi) is 3.47. The fraction of sp³-hybridized carbons (Fsp3) is 0.667. The monoisotopic (exact) mass is 236 g/mol. The summed E-state index contributed by atoms with van der Waals surface area (Å²) in [4.78, 5) is 14.2. The summed E-state index contributed by atoms with van der Waals surface area (Å²) >= 11 is 0. The van der Waals surface area contributed by atoms with Gasteiger partial charge in [0.2, 0.25) is 0 Å². The maximum atomic E-state index is 12.3. The van der Waals surface area contributed by atoms with E-state index in [1.807, 2.05) is 15.8 Å². The summed E-state index contributed by atoms with van der Waals surface area (Å²) in [5.41, 5.74) is 0.549. The van der Waals surface area contributed by atoms with Gasteiger partial charge in [0.25, 0.3) is 5.91 Å². The number of amides is 1. The van der Waals surface area contributed by atoms with Crippen LogP contribution in [0.3, 0.4) is 0 Å². The van der Waals surface area contributed by atoms with Crippen molar-refractivity contribution in [1.29, 1.82) is 0 Å². The summed E-state index contributed by atoms with van der Waals surface area (Å²) in [5, 5.41) is 7.60. The van der Waals surface area contributed by atoms with Gasteiger partial charge in [-0.3, -0.25) is 9.48 Å². The maximum Gasteiger partial charge on any atom is 0.274 e. The molecule has 1 aliphatic heterocycles. The molecule has 0 aliphatic carbocycles. The SMILES string of the molecule is CC(C)n1ccc(C(=O)N2CCNC[C@H]2C)n1. The number of hydrogen-bond donors (Lipinski definition) is 1. The molecular formula is C12H20N4O. The molecule has 2 rings (SSSR count). The molecule has 1 amide bonds. The van der Waals surface area contributed by atoms with E-state index in [0.29, 0.717) is 5.69 Å². The average Bonchev–Trinajstić information content (AvgIpc) is 2.78. The van der Waals surface area contributed by atoms with Crippen molar-refractivity contribution in [2.75, 3.05) is 19.6 Å². The Morgan fingerprint density at radius 1 is 1.59 bits per heavy atom. The first-order valence-corrected chi connectivity index (χ1v) is 6.16. The van der Waals surface area contributed by atoms with E-state index in [1.165, 1.54) is 0 Å². The van der Waals surface area contributed by atoms with Crippen LogP contribution in [0.5, 0.6) is 0 Å². The highest BCUT2D eigenvalue weighted by Gasteiger charge is 2.25. The van der Waals surface area contributed by atoms with Gasteiger partial charge in [-0.15, -0.1) is 0 Å². The van der Waals surface area contributed by atoms with Gasteiger partial charge in [0.05, 0.1) is 0 Å². The normalized spacial score (nSPS) is 20.9. The first-order chi connectivity index (χ1) is 8.09. The molecule has 17 heavy (non-hydrogen) atoms.